The van der Waals surface area contributed by atoms with Crippen LogP contribution in [0.5, 0.6) is 17.2 Å². The molecule has 1 N–H and O–H groups in total. The molecule has 0 aliphatic carbocycles. The highest BCUT2D eigenvalue weighted by molar-refractivity contribution is 5.85. The zero-order chi connectivity index (χ0) is 13.9. The van der Waals surface area contributed by atoms with E-state index < -0.39 is 0 Å². The van der Waals surface area contributed by atoms with Crippen LogP contribution in [0.2, 0.25) is 0 Å². The van der Waals surface area contributed by atoms with Crippen molar-refractivity contribution in [2.45, 2.75) is 25.7 Å². The highest BCUT2D eigenvalue weighted by Crippen LogP contribution is 2.36. The van der Waals surface area contributed by atoms with Crippen molar-refractivity contribution in [2.75, 3.05) is 26.2 Å². The van der Waals surface area contributed by atoms with Crippen LogP contribution in [0, 0.1) is 0 Å². The maximum Gasteiger partial charge on any atom is 0.311 e. The molecule has 0 unspecified atom stereocenters. The van der Waals surface area contributed by atoms with Crippen LogP contribution in [-0.4, -0.2) is 42.2 Å². The van der Waals surface area contributed by atoms with Crippen molar-refractivity contribution in [1.82, 2.24) is 4.90 Å². The molecule has 0 bridgehead atoms. The molecular formula is C15H20ClNO4. The molecule has 1 fully saturated rings. The summed E-state index contributed by atoms with van der Waals surface area (Å²) in [6, 6.07) is 3.25. The minimum absolute atomic E-state index is 0. The van der Waals surface area contributed by atoms with Gasteiger partial charge in [-0.1, -0.05) is 0 Å². The van der Waals surface area contributed by atoms with Crippen molar-refractivity contribution in [3.8, 4) is 17.2 Å². The Balaban J connectivity index is 0.00000161. The minimum Gasteiger partial charge on any atom is -0.504 e. The zero-order valence-electron chi connectivity index (χ0n) is 11.8. The van der Waals surface area contributed by atoms with Gasteiger partial charge in [0.15, 0.2) is 11.5 Å². The number of ether oxygens (including phenoxy) is 2. The Hall–Kier alpha value is -1.46. The lowest BCUT2D eigenvalue weighted by Crippen LogP contribution is -2.25. The Kier molecular flexibility index (Phi) is 5.31. The molecule has 1 aromatic carbocycles. The summed E-state index contributed by atoms with van der Waals surface area (Å²) >= 11 is 0. The highest BCUT2D eigenvalue weighted by atomic mass is 35.5. The van der Waals surface area contributed by atoms with E-state index >= 15 is 0 Å². The molecule has 2 aliphatic rings. The third-order valence-electron chi connectivity index (χ3n) is 3.83. The van der Waals surface area contributed by atoms with Gasteiger partial charge < -0.3 is 14.6 Å². The number of benzene rings is 1. The zero-order valence-corrected chi connectivity index (χ0v) is 12.7. The summed E-state index contributed by atoms with van der Waals surface area (Å²) < 4.78 is 10.8. The van der Waals surface area contributed by atoms with Gasteiger partial charge in [-0.05, 0) is 44.0 Å². The van der Waals surface area contributed by atoms with Crippen molar-refractivity contribution >= 4 is 18.4 Å². The Morgan fingerprint density at radius 1 is 1.24 bits per heavy atom. The number of nitrogens with zero attached hydrogens (tertiary/aromatic N) is 1. The first-order chi connectivity index (χ1) is 9.72. The van der Waals surface area contributed by atoms with Crippen LogP contribution >= 0.6 is 12.4 Å². The van der Waals surface area contributed by atoms with Gasteiger partial charge >= 0.3 is 5.97 Å². The summed E-state index contributed by atoms with van der Waals surface area (Å²) in [6.45, 7) is 3.71. The fraction of sp³-hybridized carbons (Fsp3) is 0.533. The predicted molar refractivity (Wildman–Crippen MR) is 80.5 cm³/mol. The number of aryl methyl sites for hydroxylation is 1. The summed E-state index contributed by atoms with van der Waals surface area (Å²) in [5.74, 6) is 0.700. The molecule has 0 spiro atoms. The minimum atomic E-state index is -0.250. The van der Waals surface area contributed by atoms with Gasteiger partial charge in [0.1, 0.15) is 12.4 Å². The lowest BCUT2D eigenvalue weighted by Gasteiger charge is -2.19. The van der Waals surface area contributed by atoms with Gasteiger partial charge in [0.2, 0.25) is 0 Å². The molecule has 116 valence electrons. The average Bonchev–Trinajstić information content (AvgIpc) is 2.93. The molecular weight excluding hydrogens is 294 g/mol. The third kappa shape index (κ3) is 3.80. The maximum atomic E-state index is 11.2. The normalized spacial score (nSPS) is 17.8. The number of rotatable bonds is 4. The van der Waals surface area contributed by atoms with E-state index in [4.69, 9.17) is 9.47 Å². The van der Waals surface area contributed by atoms with Crippen LogP contribution in [0.15, 0.2) is 12.1 Å². The van der Waals surface area contributed by atoms with Crippen molar-refractivity contribution in [1.29, 1.82) is 0 Å². The second-order valence-corrected chi connectivity index (χ2v) is 5.30. The topological polar surface area (TPSA) is 59.0 Å². The fourth-order valence-corrected chi connectivity index (χ4v) is 2.70. The first-order valence-electron chi connectivity index (χ1n) is 7.14. The van der Waals surface area contributed by atoms with E-state index in [1.54, 1.807) is 6.07 Å². The monoisotopic (exact) mass is 313 g/mol. The molecule has 0 atom stereocenters. The molecule has 6 heteroatoms. The number of likely N-dealkylation sites (tertiary alicyclic amines) is 1. The molecule has 2 heterocycles. The molecule has 21 heavy (non-hydrogen) atoms. The molecule has 1 saturated heterocycles. The van der Waals surface area contributed by atoms with E-state index in [0.717, 1.165) is 25.2 Å². The number of hydrogen-bond donors (Lipinski definition) is 1. The van der Waals surface area contributed by atoms with Crippen molar-refractivity contribution in [3.05, 3.63) is 17.7 Å². The maximum absolute atomic E-state index is 11.2. The van der Waals surface area contributed by atoms with E-state index in [2.05, 4.69) is 4.90 Å². The first-order valence-corrected chi connectivity index (χ1v) is 7.14. The number of fused-ring (bicyclic) bond motifs is 1. The van der Waals surface area contributed by atoms with Gasteiger partial charge in [0, 0.05) is 12.6 Å². The van der Waals surface area contributed by atoms with E-state index in [1.807, 2.05) is 0 Å². The smallest absolute Gasteiger partial charge is 0.311 e. The Bertz CT molecular complexity index is 515. The molecule has 0 aromatic heterocycles. The van der Waals surface area contributed by atoms with E-state index in [1.165, 1.54) is 18.9 Å². The van der Waals surface area contributed by atoms with Crippen LogP contribution in [0.3, 0.4) is 0 Å². The fourth-order valence-electron chi connectivity index (χ4n) is 2.70. The largest absolute Gasteiger partial charge is 0.504 e. The molecule has 0 radical (unpaired) electrons. The number of hydrogen-bond acceptors (Lipinski definition) is 5. The van der Waals surface area contributed by atoms with Gasteiger partial charge in [-0.25, -0.2) is 0 Å². The standard InChI is InChI=1S/C15H19NO4.ClH/c17-12-10-13-11(3-4-15(18)20-13)9-14(12)19-8-7-16-5-1-2-6-16;/h9-10,17H,1-8H2;1H. The number of aromatic hydroxyl groups is 1. The van der Waals surface area contributed by atoms with Crippen LogP contribution in [0.1, 0.15) is 24.8 Å². The van der Waals surface area contributed by atoms with Gasteiger partial charge in [0.25, 0.3) is 0 Å². The number of phenols is 1. The third-order valence-corrected chi connectivity index (χ3v) is 3.83. The average molecular weight is 314 g/mol. The van der Waals surface area contributed by atoms with Gasteiger partial charge in [-0.2, -0.15) is 0 Å². The van der Waals surface area contributed by atoms with Gasteiger partial charge in [0.05, 0.1) is 6.42 Å². The van der Waals surface area contributed by atoms with Crippen molar-refractivity contribution < 1.29 is 19.4 Å². The van der Waals surface area contributed by atoms with E-state index in [0.29, 0.717) is 30.9 Å². The number of phenolic OH excluding ortho intramolecular Hbond substituents is 1. The second-order valence-electron chi connectivity index (χ2n) is 5.30. The highest BCUT2D eigenvalue weighted by Gasteiger charge is 2.20. The van der Waals surface area contributed by atoms with E-state index in [9.17, 15) is 9.90 Å². The van der Waals surface area contributed by atoms with Crippen molar-refractivity contribution in [2.24, 2.45) is 0 Å². The Morgan fingerprint density at radius 2 is 2.00 bits per heavy atom. The summed E-state index contributed by atoms with van der Waals surface area (Å²) in [6.07, 6.45) is 3.53. The van der Waals surface area contributed by atoms with Crippen LogP contribution in [0.25, 0.3) is 0 Å². The molecule has 0 saturated carbocycles. The summed E-state index contributed by atoms with van der Waals surface area (Å²) in [5, 5.41) is 9.91. The Labute approximate surface area is 130 Å². The molecule has 5 nitrogen and oxygen atoms in total. The van der Waals surface area contributed by atoms with Crippen LogP contribution in [-0.2, 0) is 11.2 Å². The number of esters is 1. The number of carbonyl (C=O) groups excluding carboxylic acids is 1. The molecule has 1 aromatic rings. The number of carbonyl (C=O) groups is 1. The quantitative estimate of drug-likeness (QED) is 0.682. The summed E-state index contributed by atoms with van der Waals surface area (Å²) in [4.78, 5) is 13.6. The van der Waals surface area contributed by atoms with E-state index in [-0.39, 0.29) is 24.1 Å². The Morgan fingerprint density at radius 3 is 2.76 bits per heavy atom. The SMILES string of the molecule is Cl.O=C1CCc2cc(OCCN3CCCC3)c(O)cc2O1. The first kappa shape index (κ1) is 15.9. The van der Waals surface area contributed by atoms with Gasteiger partial charge in [-0.15, -0.1) is 12.4 Å². The lowest BCUT2D eigenvalue weighted by atomic mass is 10.1. The summed E-state index contributed by atoms with van der Waals surface area (Å²) in [7, 11) is 0. The molecule has 2 aliphatic heterocycles. The lowest BCUT2D eigenvalue weighted by molar-refractivity contribution is -0.135. The summed E-state index contributed by atoms with van der Waals surface area (Å²) in [5.41, 5.74) is 0.915. The van der Waals surface area contributed by atoms with Crippen molar-refractivity contribution in [3.63, 3.8) is 0 Å². The molecule has 3 rings (SSSR count). The van der Waals surface area contributed by atoms with Crippen LogP contribution < -0.4 is 9.47 Å². The number of halogens is 1. The predicted octanol–water partition coefficient (Wildman–Crippen LogP) is 2.14. The second kappa shape index (κ2) is 7.00. The van der Waals surface area contributed by atoms with Gasteiger partial charge in [-0.3, -0.25) is 9.69 Å². The molecule has 0 amide bonds. The van der Waals surface area contributed by atoms with Crippen LogP contribution in [0.4, 0.5) is 0 Å².